The molecular weight excluding hydrogens is 252 g/mol. The fourth-order valence-electron chi connectivity index (χ4n) is 2.14. The van der Waals surface area contributed by atoms with Gasteiger partial charge in [0.05, 0.1) is 12.6 Å². The minimum absolute atomic E-state index is 0.0252. The first-order valence-electron chi connectivity index (χ1n) is 7.07. The van der Waals surface area contributed by atoms with Gasteiger partial charge in [-0.05, 0) is 44.1 Å². The fourth-order valence-corrected chi connectivity index (χ4v) is 2.14. The molecule has 0 fully saturated rings. The van der Waals surface area contributed by atoms with E-state index in [1.54, 1.807) is 0 Å². The molecule has 112 valence electrons. The Balaban J connectivity index is 2.62. The smallest absolute Gasteiger partial charge is 0.251 e. The van der Waals surface area contributed by atoms with Gasteiger partial charge < -0.3 is 15.3 Å². The first-order valence-corrected chi connectivity index (χ1v) is 7.07. The van der Waals surface area contributed by atoms with Gasteiger partial charge in [-0.1, -0.05) is 26.0 Å². The van der Waals surface area contributed by atoms with Crippen molar-refractivity contribution in [3.63, 3.8) is 0 Å². The highest BCUT2D eigenvalue weighted by Crippen LogP contribution is 2.08. The summed E-state index contributed by atoms with van der Waals surface area (Å²) in [5, 5.41) is 12.2. The number of hydrogen-bond acceptors (Lipinski definition) is 3. The summed E-state index contributed by atoms with van der Waals surface area (Å²) in [6.07, 6.45) is 0.779. The second-order valence-corrected chi connectivity index (χ2v) is 5.92. The number of nitrogens with zero attached hydrogens (tertiary/aromatic N) is 1. The Hall–Kier alpha value is -1.39. The van der Waals surface area contributed by atoms with Crippen LogP contribution in [0.5, 0.6) is 0 Å². The summed E-state index contributed by atoms with van der Waals surface area (Å²) in [6.45, 7) is 4.98. The van der Waals surface area contributed by atoms with E-state index in [4.69, 9.17) is 0 Å². The molecule has 4 nitrogen and oxygen atoms in total. The maximum atomic E-state index is 12.1. The van der Waals surface area contributed by atoms with Crippen LogP contribution in [0.25, 0.3) is 0 Å². The molecule has 2 N–H and O–H groups in total. The van der Waals surface area contributed by atoms with Gasteiger partial charge in [-0.25, -0.2) is 0 Å². The van der Waals surface area contributed by atoms with Gasteiger partial charge in [0.2, 0.25) is 0 Å². The lowest BCUT2D eigenvalue weighted by molar-refractivity contribution is 0.0908. The Morgan fingerprint density at radius 3 is 2.30 bits per heavy atom. The molecule has 0 aliphatic carbocycles. The van der Waals surface area contributed by atoms with Gasteiger partial charge in [0.1, 0.15) is 0 Å². The van der Waals surface area contributed by atoms with Crippen molar-refractivity contribution in [3.8, 4) is 0 Å². The molecule has 0 aromatic heterocycles. The van der Waals surface area contributed by atoms with Crippen LogP contribution in [0, 0.1) is 5.92 Å². The lowest BCUT2D eigenvalue weighted by Gasteiger charge is -2.18. The lowest BCUT2D eigenvalue weighted by atomic mass is 10.0. The molecule has 1 aromatic carbocycles. The van der Waals surface area contributed by atoms with E-state index < -0.39 is 0 Å². The highest BCUT2D eigenvalue weighted by Gasteiger charge is 2.14. The second kappa shape index (κ2) is 8.02. The largest absolute Gasteiger partial charge is 0.394 e. The Bertz CT molecular complexity index is 413. The maximum Gasteiger partial charge on any atom is 0.251 e. The maximum absolute atomic E-state index is 12.1. The molecule has 1 aromatic rings. The number of nitrogens with one attached hydrogen (secondary N) is 1. The van der Waals surface area contributed by atoms with Crippen LogP contribution in [-0.4, -0.2) is 42.7 Å². The van der Waals surface area contributed by atoms with Crippen molar-refractivity contribution >= 4 is 5.91 Å². The minimum Gasteiger partial charge on any atom is -0.394 e. The molecule has 0 heterocycles. The van der Waals surface area contributed by atoms with Crippen LogP contribution in [0.2, 0.25) is 0 Å². The van der Waals surface area contributed by atoms with Crippen LogP contribution < -0.4 is 5.32 Å². The SMILES string of the molecule is CC(C)CC(CO)NC(=O)c1ccc(CN(C)C)cc1. The van der Waals surface area contributed by atoms with Crippen molar-refractivity contribution in [1.82, 2.24) is 10.2 Å². The van der Waals surface area contributed by atoms with Gasteiger partial charge in [-0.3, -0.25) is 4.79 Å². The summed E-state index contributed by atoms with van der Waals surface area (Å²) in [5.74, 6) is 0.316. The molecular formula is C16H26N2O2. The van der Waals surface area contributed by atoms with Crippen LogP contribution in [0.1, 0.15) is 36.2 Å². The molecule has 0 saturated heterocycles. The zero-order valence-electron chi connectivity index (χ0n) is 12.9. The zero-order chi connectivity index (χ0) is 15.1. The molecule has 0 aliphatic rings. The van der Waals surface area contributed by atoms with E-state index >= 15 is 0 Å². The van der Waals surface area contributed by atoms with Crippen molar-refractivity contribution in [2.45, 2.75) is 32.9 Å². The number of benzene rings is 1. The monoisotopic (exact) mass is 278 g/mol. The predicted molar refractivity (Wildman–Crippen MR) is 81.6 cm³/mol. The number of aliphatic hydroxyl groups is 1. The number of rotatable bonds is 7. The van der Waals surface area contributed by atoms with Gasteiger partial charge in [0.25, 0.3) is 5.91 Å². The fraction of sp³-hybridized carbons (Fsp3) is 0.562. The average Bonchev–Trinajstić information content (AvgIpc) is 2.37. The van der Waals surface area contributed by atoms with E-state index in [-0.39, 0.29) is 18.6 Å². The van der Waals surface area contributed by atoms with Crippen LogP contribution in [0.15, 0.2) is 24.3 Å². The summed E-state index contributed by atoms with van der Waals surface area (Å²) < 4.78 is 0. The van der Waals surface area contributed by atoms with Crippen molar-refractivity contribution in [2.24, 2.45) is 5.92 Å². The number of hydrogen-bond donors (Lipinski definition) is 2. The number of carbonyl (C=O) groups is 1. The van der Waals surface area contributed by atoms with E-state index in [2.05, 4.69) is 24.1 Å². The Morgan fingerprint density at radius 2 is 1.85 bits per heavy atom. The molecule has 1 rings (SSSR count). The third kappa shape index (κ3) is 5.72. The Labute approximate surface area is 121 Å². The Morgan fingerprint density at radius 1 is 1.25 bits per heavy atom. The van der Waals surface area contributed by atoms with Crippen LogP contribution in [0.4, 0.5) is 0 Å². The van der Waals surface area contributed by atoms with Gasteiger partial charge >= 0.3 is 0 Å². The van der Waals surface area contributed by atoms with Gasteiger partial charge in [-0.2, -0.15) is 0 Å². The summed E-state index contributed by atoms with van der Waals surface area (Å²) in [6, 6.07) is 7.41. The quantitative estimate of drug-likeness (QED) is 0.801. The standard InChI is InChI=1S/C16H26N2O2/c1-12(2)9-15(11-19)17-16(20)14-7-5-13(6-8-14)10-18(3)4/h5-8,12,15,19H,9-11H2,1-4H3,(H,17,20). The van der Waals surface area contributed by atoms with Crippen LogP contribution in [0.3, 0.4) is 0 Å². The summed E-state index contributed by atoms with van der Waals surface area (Å²) >= 11 is 0. The normalized spacial score (nSPS) is 12.8. The van der Waals surface area contributed by atoms with E-state index in [0.29, 0.717) is 11.5 Å². The van der Waals surface area contributed by atoms with Gasteiger partial charge in [-0.15, -0.1) is 0 Å². The van der Waals surface area contributed by atoms with E-state index in [0.717, 1.165) is 13.0 Å². The van der Waals surface area contributed by atoms with Crippen LogP contribution in [-0.2, 0) is 6.54 Å². The molecule has 0 saturated carbocycles. The average molecular weight is 278 g/mol. The molecule has 0 spiro atoms. The van der Waals surface area contributed by atoms with E-state index in [1.807, 2.05) is 38.4 Å². The van der Waals surface area contributed by atoms with Crippen molar-refractivity contribution in [3.05, 3.63) is 35.4 Å². The van der Waals surface area contributed by atoms with Crippen LogP contribution >= 0.6 is 0 Å². The first kappa shape index (κ1) is 16.7. The third-order valence-corrected chi connectivity index (χ3v) is 3.03. The number of aliphatic hydroxyl groups excluding tert-OH is 1. The van der Waals surface area contributed by atoms with E-state index in [9.17, 15) is 9.90 Å². The minimum atomic E-state index is -0.177. The summed E-state index contributed by atoms with van der Waals surface area (Å²) in [5.41, 5.74) is 1.81. The van der Waals surface area contributed by atoms with Crippen molar-refractivity contribution in [2.75, 3.05) is 20.7 Å². The van der Waals surface area contributed by atoms with Gasteiger partial charge in [0, 0.05) is 12.1 Å². The third-order valence-electron chi connectivity index (χ3n) is 3.03. The van der Waals surface area contributed by atoms with Crippen molar-refractivity contribution < 1.29 is 9.90 Å². The highest BCUT2D eigenvalue weighted by atomic mass is 16.3. The zero-order valence-corrected chi connectivity index (χ0v) is 12.9. The summed E-state index contributed by atoms with van der Waals surface area (Å²) in [4.78, 5) is 14.2. The number of amides is 1. The molecule has 0 aliphatic heterocycles. The van der Waals surface area contributed by atoms with E-state index in [1.165, 1.54) is 5.56 Å². The molecule has 0 radical (unpaired) electrons. The highest BCUT2D eigenvalue weighted by molar-refractivity contribution is 5.94. The molecule has 1 unspecified atom stereocenters. The molecule has 4 heteroatoms. The number of carbonyl (C=O) groups excluding carboxylic acids is 1. The predicted octanol–water partition coefficient (Wildman–Crippen LogP) is 1.89. The molecule has 20 heavy (non-hydrogen) atoms. The Kier molecular flexibility index (Phi) is 6.68. The molecule has 0 bridgehead atoms. The summed E-state index contributed by atoms with van der Waals surface area (Å²) in [7, 11) is 4.02. The first-order chi connectivity index (χ1) is 9.42. The molecule has 1 amide bonds. The lowest BCUT2D eigenvalue weighted by Crippen LogP contribution is -2.38. The molecule has 1 atom stereocenters. The topological polar surface area (TPSA) is 52.6 Å². The van der Waals surface area contributed by atoms with Crippen molar-refractivity contribution in [1.29, 1.82) is 0 Å². The second-order valence-electron chi connectivity index (χ2n) is 5.92. The van der Waals surface area contributed by atoms with Gasteiger partial charge in [0.15, 0.2) is 0 Å².